The molecular formula is C80H48N6O2. The first-order valence-electron chi connectivity index (χ1n) is 29.6. The maximum absolute atomic E-state index is 6.95. The third-order valence-electron chi connectivity index (χ3n) is 17.4. The second-order valence-corrected chi connectivity index (χ2v) is 22.5. The van der Waals surface area contributed by atoms with Gasteiger partial charge < -0.3 is 18.0 Å². The molecule has 0 radical (unpaired) electrons. The molecule has 0 unspecified atom stereocenters. The van der Waals surface area contributed by atoms with Crippen molar-refractivity contribution >= 4 is 87.5 Å². The van der Waals surface area contributed by atoms with E-state index >= 15 is 0 Å². The third-order valence-corrected chi connectivity index (χ3v) is 17.4. The fourth-order valence-electron chi connectivity index (χ4n) is 13.2. The van der Waals surface area contributed by atoms with Gasteiger partial charge in [0.05, 0.1) is 44.8 Å². The van der Waals surface area contributed by atoms with E-state index in [-0.39, 0.29) is 0 Å². The molecule has 12 aromatic carbocycles. The molecule has 0 spiro atoms. The summed E-state index contributed by atoms with van der Waals surface area (Å²) < 4.78 is 18.3. The molecule has 6 aromatic heterocycles. The fourth-order valence-corrected chi connectivity index (χ4v) is 13.2. The van der Waals surface area contributed by atoms with Crippen LogP contribution in [-0.2, 0) is 0 Å². The van der Waals surface area contributed by atoms with E-state index in [9.17, 15) is 0 Å². The van der Waals surface area contributed by atoms with E-state index in [0.29, 0.717) is 11.6 Å². The summed E-state index contributed by atoms with van der Waals surface area (Å²) in [4.78, 5) is 20.9. The quantitative estimate of drug-likeness (QED) is 0.143. The highest BCUT2D eigenvalue weighted by Crippen LogP contribution is 2.47. The van der Waals surface area contributed by atoms with Crippen LogP contribution in [0.4, 0.5) is 0 Å². The molecule has 0 bridgehead atoms. The lowest BCUT2D eigenvalue weighted by molar-refractivity contribution is 0.670. The molecule has 410 valence electrons. The first-order chi connectivity index (χ1) is 43.6. The van der Waals surface area contributed by atoms with Crippen molar-refractivity contribution in [3.05, 3.63) is 291 Å². The van der Waals surface area contributed by atoms with Crippen LogP contribution in [0.2, 0.25) is 0 Å². The number of furan rings is 2. The Morgan fingerprint density at radius 1 is 0.250 bits per heavy atom. The van der Waals surface area contributed by atoms with Crippen molar-refractivity contribution in [3.8, 4) is 90.3 Å². The van der Waals surface area contributed by atoms with Gasteiger partial charge in [-0.05, 0) is 96.1 Å². The summed E-state index contributed by atoms with van der Waals surface area (Å²) in [6.07, 6.45) is 0. The Balaban J connectivity index is 0.754. The van der Waals surface area contributed by atoms with Crippen LogP contribution < -0.4 is 0 Å². The molecule has 0 aliphatic carbocycles. The van der Waals surface area contributed by atoms with Gasteiger partial charge in [-0.15, -0.1) is 0 Å². The minimum absolute atomic E-state index is 0.654. The number of aromatic nitrogens is 6. The van der Waals surface area contributed by atoms with E-state index in [1.807, 2.05) is 72.8 Å². The highest BCUT2D eigenvalue weighted by molar-refractivity contribution is 6.26. The Bertz CT molecular complexity index is 5710. The first-order valence-corrected chi connectivity index (χ1v) is 29.6. The number of rotatable bonds is 9. The topological polar surface area (TPSA) is 87.7 Å². The highest BCUT2D eigenvalue weighted by Gasteiger charge is 2.25. The van der Waals surface area contributed by atoms with E-state index in [1.165, 1.54) is 5.39 Å². The minimum atomic E-state index is 0.654. The Kier molecular flexibility index (Phi) is 11.1. The van der Waals surface area contributed by atoms with Crippen molar-refractivity contribution < 1.29 is 8.83 Å². The van der Waals surface area contributed by atoms with Gasteiger partial charge in [-0.1, -0.05) is 206 Å². The molecule has 0 fully saturated rings. The van der Waals surface area contributed by atoms with E-state index < -0.39 is 0 Å². The SMILES string of the molecule is c1ccc(-c2cc(-c3ccccc3)nc(-c3ccc(-n4c5ccccc5c5c(-c6ccc(-c7cc(-c8ccc(-n9c%10ccccc%10c%10ccc%11c%12ccccc%12oc%11c%109)cc8)nc(-c8ccccc8)n7)cc6)cc6c7ccccc7oc6c54)cc3)n2)cc1. The lowest BCUT2D eigenvalue weighted by Gasteiger charge is -2.13. The summed E-state index contributed by atoms with van der Waals surface area (Å²) >= 11 is 0. The molecule has 0 saturated carbocycles. The van der Waals surface area contributed by atoms with Gasteiger partial charge in [0.1, 0.15) is 11.2 Å². The van der Waals surface area contributed by atoms with Gasteiger partial charge in [0.15, 0.2) is 22.8 Å². The van der Waals surface area contributed by atoms with Crippen LogP contribution in [0, 0.1) is 0 Å². The number of fused-ring (bicyclic) bond motifs is 14. The first kappa shape index (κ1) is 49.4. The zero-order valence-electron chi connectivity index (χ0n) is 47.2. The zero-order chi connectivity index (χ0) is 57.8. The Labute approximate surface area is 504 Å². The number of nitrogens with zero attached hydrogens (tertiary/aromatic N) is 6. The van der Waals surface area contributed by atoms with E-state index in [4.69, 9.17) is 28.8 Å². The van der Waals surface area contributed by atoms with Crippen molar-refractivity contribution in [1.29, 1.82) is 0 Å². The molecule has 8 nitrogen and oxygen atoms in total. The van der Waals surface area contributed by atoms with Gasteiger partial charge in [-0.25, -0.2) is 19.9 Å². The molecule has 0 atom stereocenters. The molecule has 0 amide bonds. The fraction of sp³-hybridized carbons (Fsp3) is 0. The third kappa shape index (κ3) is 7.93. The number of benzene rings is 12. The smallest absolute Gasteiger partial charge is 0.160 e. The van der Waals surface area contributed by atoms with Gasteiger partial charge in [0, 0.05) is 87.8 Å². The average Bonchev–Trinajstić information content (AvgIpc) is 1.66. The zero-order valence-corrected chi connectivity index (χ0v) is 47.2. The summed E-state index contributed by atoms with van der Waals surface area (Å²) in [5.74, 6) is 1.31. The van der Waals surface area contributed by atoms with Gasteiger partial charge in [0.25, 0.3) is 0 Å². The number of hydrogen-bond acceptors (Lipinski definition) is 6. The van der Waals surface area contributed by atoms with E-state index in [1.54, 1.807) is 0 Å². The van der Waals surface area contributed by atoms with E-state index in [2.05, 4.69) is 228 Å². The van der Waals surface area contributed by atoms with Gasteiger partial charge in [0.2, 0.25) is 0 Å². The van der Waals surface area contributed by atoms with Gasteiger partial charge >= 0.3 is 0 Å². The van der Waals surface area contributed by atoms with Crippen molar-refractivity contribution in [1.82, 2.24) is 29.1 Å². The van der Waals surface area contributed by atoms with Crippen molar-refractivity contribution in [2.45, 2.75) is 0 Å². The summed E-state index contributed by atoms with van der Waals surface area (Å²) in [6, 6.07) is 102. The predicted molar refractivity (Wildman–Crippen MR) is 359 cm³/mol. The highest BCUT2D eigenvalue weighted by atomic mass is 16.3. The van der Waals surface area contributed by atoms with Crippen LogP contribution in [0.5, 0.6) is 0 Å². The molecule has 88 heavy (non-hydrogen) atoms. The molecule has 0 aliphatic heterocycles. The molecule has 18 rings (SSSR count). The molecular weight excluding hydrogens is 1080 g/mol. The van der Waals surface area contributed by atoms with Crippen LogP contribution in [-0.4, -0.2) is 29.1 Å². The lowest BCUT2D eigenvalue weighted by Crippen LogP contribution is -1.97. The van der Waals surface area contributed by atoms with Crippen LogP contribution in [0.25, 0.3) is 178 Å². The molecule has 0 N–H and O–H groups in total. The predicted octanol–water partition coefficient (Wildman–Crippen LogP) is 20.9. The molecule has 0 saturated heterocycles. The van der Waals surface area contributed by atoms with Gasteiger partial charge in [-0.3, -0.25) is 0 Å². The Hall–Kier alpha value is -12.0. The second-order valence-electron chi connectivity index (χ2n) is 22.5. The lowest BCUT2D eigenvalue weighted by atomic mass is 9.95. The Morgan fingerprint density at radius 2 is 0.625 bits per heavy atom. The number of para-hydroxylation sites is 4. The summed E-state index contributed by atoms with van der Waals surface area (Å²) in [5.41, 5.74) is 21.1. The van der Waals surface area contributed by atoms with Crippen LogP contribution >= 0.6 is 0 Å². The molecule has 6 heterocycles. The monoisotopic (exact) mass is 1120 g/mol. The van der Waals surface area contributed by atoms with Crippen LogP contribution in [0.3, 0.4) is 0 Å². The largest absolute Gasteiger partial charge is 0.454 e. The maximum Gasteiger partial charge on any atom is 0.160 e. The van der Waals surface area contributed by atoms with Crippen molar-refractivity contribution in [3.63, 3.8) is 0 Å². The molecule has 8 heteroatoms. The summed E-state index contributed by atoms with van der Waals surface area (Å²) in [7, 11) is 0. The second kappa shape index (κ2) is 19.8. The Morgan fingerprint density at radius 3 is 1.18 bits per heavy atom. The van der Waals surface area contributed by atoms with Crippen molar-refractivity contribution in [2.75, 3.05) is 0 Å². The minimum Gasteiger partial charge on any atom is -0.454 e. The standard InChI is InChI=1S/C80H48N6O2/c1-4-18-50(19-5-1)66-47-67(51-20-6-2-7-21-51)82-80(81-66)55-38-42-57(43-39-55)86-71-29-15-11-27-63(71)74-64(46-65-60-26-13-17-31-73(60)88-78(65)76(74)86)49-32-34-52(35-33-49)68-48-69(84-79(83-68)54-22-8-3-9-23-54)53-36-40-56(41-37-53)85-70-28-14-10-24-58(70)61-44-45-62-59-25-12-16-30-72(59)87-77(62)75(61)85/h1-48H. The molecule has 18 aromatic rings. The van der Waals surface area contributed by atoms with E-state index in [0.717, 1.165) is 161 Å². The van der Waals surface area contributed by atoms with Crippen LogP contribution in [0.15, 0.2) is 300 Å². The summed E-state index contributed by atoms with van der Waals surface area (Å²) in [6.45, 7) is 0. The number of hydrogen-bond donors (Lipinski definition) is 0. The van der Waals surface area contributed by atoms with Gasteiger partial charge in [-0.2, -0.15) is 0 Å². The summed E-state index contributed by atoms with van der Waals surface area (Å²) in [5, 5.41) is 8.85. The molecule has 0 aliphatic rings. The average molecular weight is 1130 g/mol. The van der Waals surface area contributed by atoms with Crippen molar-refractivity contribution in [2.24, 2.45) is 0 Å². The van der Waals surface area contributed by atoms with Crippen LogP contribution in [0.1, 0.15) is 0 Å². The maximum atomic E-state index is 6.95. The normalized spacial score (nSPS) is 11.9.